The van der Waals surface area contributed by atoms with Crippen LogP contribution in [-0.2, 0) is 6.54 Å². The summed E-state index contributed by atoms with van der Waals surface area (Å²) in [7, 11) is 0. The third-order valence-electron chi connectivity index (χ3n) is 4.98. The fraction of sp³-hybridized carbons (Fsp3) is 0.316. The summed E-state index contributed by atoms with van der Waals surface area (Å²) in [6.07, 6.45) is 0.913. The lowest BCUT2D eigenvalue weighted by Crippen LogP contribution is -2.55. The van der Waals surface area contributed by atoms with Crippen molar-refractivity contribution in [3.05, 3.63) is 53.4 Å². The van der Waals surface area contributed by atoms with Crippen molar-refractivity contribution >= 4 is 17.0 Å². The number of imidazole rings is 1. The standard InChI is InChI=1S/C19H16F4N6/c20-12-5-14(21)17-15(6-12)29(9-13-2-1-11(7-24)8-26-13)18(27-17)28-4-3-19(22,23)16(25)10-28/h1-2,5-6,8,16H,3-4,9-10,25H2/t16-/m1/s1. The summed E-state index contributed by atoms with van der Waals surface area (Å²) in [5.41, 5.74) is 6.61. The topological polar surface area (TPSA) is 83.8 Å². The normalized spacial score (nSPS) is 18.8. The Hall–Kier alpha value is -3.19. The van der Waals surface area contributed by atoms with Crippen LogP contribution in [0, 0.1) is 23.0 Å². The molecule has 0 unspecified atom stereocenters. The first-order valence-electron chi connectivity index (χ1n) is 8.87. The fourth-order valence-electron chi connectivity index (χ4n) is 3.39. The van der Waals surface area contributed by atoms with Crippen molar-refractivity contribution in [3.8, 4) is 6.07 Å². The number of aromatic nitrogens is 3. The highest BCUT2D eigenvalue weighted by Crippen LogP contribution is 2.32. The Morgan fingerprint density at radius 2 is 2.07 bits per heavy atom. The average Bonchev–Trinajstić information content (AvgIpc) is 3.03. The Bertz CT molecular complexity index is 1100. The van der Waals surface area contributed by atoms with Crippen molar-refractivity contribution in [1.29, 1.82) is 5.26 Å². The van der Waals surface area contributed by atoms with Gasteiger partial charge in [0, 0.05) is 37.8 Å². The second-order valence-electron chi connectivity index (χ2n) is 6.97. The van der Waals surface area contributed by atoms with Gasteiger partial charge in [-0.15, -0.1) is 0 Å². The molecule has 1 aliphatic heterocycles. The predicted molar refractivity (Wildman–Crippen MR) is 97.5 cm³/mol. The number of pyridine rings is 1. The van der Waals surface area contributed by atoms with Crippen LogP contribution >= 0.6 is 0 Å². The highest BCUT2D eigenvalue weighted by atomic mass is 19.3. The number of halogens is 4. The molecule has 6 nitrogen and oxygen atoms in total. The van der Waals surface area contributed by atoms with Crippen LogP contribution in [0.4, 0.5) is 23.5 Å². The van der Waals surface area contributed by atoms with Crippen molar-refractivity contribution in [2.75, 3.05) is 18.0 Å². The molecule has 0 saturated carbocycles. The molecule has 2 N–H and O–H groups in total. The molecule has 29 heavy (non-hydrogen) atoms. The van der Waals surface area contributed by atoms with Gasteiger partial charge in [-0.3, -0.25) is 4.98 Å². The van der Waals surface area contributed by atoms with E-state index in [1.165, 1.54) is 10.8 Å². The summed E-state index contributed by atoms with van der Waals surface area (Å²) in [5, 5.41) is 8.90. The Morgan fingerprint density at radius 1 is 1.28 bits per heavy atom. The van der Waals surface area contributed by atoms with Crippen molar-refractivity contribution in [3.63, 3.8) is 0 Å². The number of benzene rings is 1. The molecule has 3 aromatic rings. The number of hydrogen-bond acceptors (Lipinski definition) is 5. The maximum atomic E-state index is 14.3. The minimum atomic E-state index is -3.00. The first kappa shape index (κ1) is 19.1. The van der Waals surface area contributed by atoms with Gasteiger partial charge in [0.1, 0.15) is 17.4 Å². The van der Waals surface area contributed by atoms with Gasteiger partial charge in [-0.25, -0.2) is 22.5 Å². The predicted octanol–water partition coefficient (Wildman–Crippen LogP) is 2.80. The van der Waals surface area contributed by atoms with E-state index in [2.05, 4.69) is 9.97 Å². The van der Waals surface area contributed by atoms with E-state index in [0.717, 1.165) is 12.1 Å². The van der Waals surface area contributed by atoms with Crippen LogP contribution in [0.25, 0.3) is 11.0 Å². The van der Waals surface area contributed by atoms with Gasteiger partial charge in [-0.05, 0) is 12.1 Å². The van der Waals surface area contributed by atoms with E-state index in [-0.39, 0.29) is 36.6 Å². The summed E-state index contributed by atoms with van der Waals surface area (Å²) < 4.78 is 57.3. The lowest BCUT2D eigenvalue weighted by Gasteiger charge is -2.37. The molecule has 1 aliphatic rings. The number of nitriles is 1. The zero-order valence-corrected chi connectivity index (χ0v) is 15.1. The van der Waals surface area contributed by atoms with Gasteiger partial charge in [0.15, 0.2) is 5.82 Å². The van der Waals surface area contributed by atoms with Crippen LogP contribution in [-0.4, -0.2) is 39.6 Å². The molecule has 0 radical (unpaired) electrons. The molecule has 0 aliphatic carbocycles. The van der Waals surface area contributed by atoms with Gasteiger partial charge in [0.25, 0.3) is 5.92 Å². The maximum absolute atomic E-state index is 14.3. The zero-order valence-electron chi connectivity index (χ0n) is 15.1. The molecule has 150 valence electrons. The average molecular weight is 404 g/mol. The summed E-state index contributed by atoms with van der Waals surface area (Å²) in [4.78, 5) is 9.98. The van der Waals surface area contributed by atoms with Crippen molar-refractivity contribution < 1.29 is 17.6 Å². The molecule has 4 rings (SSSR count). The molecular formula is C19H16F4N6. The van der Waals surface area contributed by atoms with E-state index in [4.69, 9.17) is 11.0 Å². The van der Waals surface area contributed by atoms with E-state index >= 15 is 0 Å². The largest absolute Gasteiger partial charge is 0.340 e. The summed E-state index contributed by atoms with van der Waals surface area (Å²) in [6, 6.07) is 5.59. The monoisotopic (exact) mass is 404 g/mol. The molecule has 1 saturated heterocycles. The molecule has 1 aromatic carbocycles. The first-order chi connectivity index (χ1) is 13.8. The number of nitrogens with zero attached hydrogens (tertiary/aromatic N) is 5. The quantitative estimate of drug-likeness (QED) is 0.679. The molecule has 1 fully saturated rings. The van der Waals surface area contributed by atoms with Crippen molar-refractivity contribution in [2.24, 2.45) is 5.73 Å². The summed E-state index contributed by atoms with van der Waals surface area (Å²) >= 11 is 0. The number of piperidine rings is 1. The van der Waals surface area contributed by atoms with Crippen molar-refractivity contribution in [2.45, 2.75) is 24.9 Å². The van der Waals surface area contributed by atoms with Gasteiger partial charge in [0.05, 0.1) is 29.4 Å². The number of fused-ring (bicyclic) bond motifs is 1. The number of hydrogen-bond donors (Lipinski definition) is 1. The second kappa shape index (κ2) is 7.00. The van der Waals surface area contributed by atoms with Gasteiger partial charge in [-0.2, -0.15) is 5.26 Å². The third-order valence-corrected chi connectivity index (χ3v) is 4.98. The Labute approximate surface area is 163 Å². The van der Waals surface area contributed by atoms with Crippen LogP contribution in [0.3, 0.4) is 0 Å². The Balaban J connectivity index is 1.80. The van der Waals surface area contributed by atoms with Crippen LogP contribution in [0.2, 0.25) is 0 Å². The summed E-state index contributed by atoms with van der Waals surface area (Å²) in [6.45, 7) is -0.126. The zero-order chi connectivity index (χ0) is 20.8. The lowest BCUT2D eigenvalue weighted by atomic mass is 10.0. The number of anilines is 1. The molecule has 0 bridgehead atoms. The molecular weight excluding hydrogens is 388 g/mol. The number of nitrogens with two attached hydrogens (primary N) is 1. The van der Waals surface area contributed by atoms with Crippen molar-refractivity contribution in [1.82, 2.24) is 14.5 Å². The van der Waals surface area contributed by atoms with Crippen LogP contribution < -0.4 is 10.6 Å². The van der Waals surface area contributed by atoms with Gasteiger partial charge in [0.2, 0.25) is 5.95 Å². The van der Waals surface area contributed by atoms with Gasteiger partial charge < -0.3 is 15.2 Å². The minimum Gasteiger partial charge on any atom is -0.340 e. The second-order valence-corrected chi connectivity index (χ2v) is 6.97. The van der Waals surface area contributed by atoms with Gasteiger partial charge in [-0.1, -0.05) is 0 Å². The van der Waals surface area contributed by atoms with E-state index in [9.17, 15) is 17.6 Å². The molecule has 0 spiro atoms. The molecule has 2 aromatic heterocycles. The Morgan fingerprint density at radius 3 is 2.72 bits per heavy atom. The van der Waals surface area contributed by atoms with E-state index in [0.29, 0.717) is 11.3 Å². The smallest absolute Gasteiger partial charge is 0.266 e. The fourth-order valence-corrected chi connectivity index (χ4v) is 3.39. The minimum absolute atomic E-state index is 0.0328. The van der Waals surface area contributed by atoms with Crippen LogP contribution in [0.5, 0.6) is 0 Å². The molecule has 10 heteroatoms. The van der Waals surface area contributed by atoms with E-state index < -0.39 is 30.0 Å². The third kappa shape index (κ3) is 3.49. The van der Waals surface area contributed by atoms with Crippen LogP contribution in [0.15, 0.2) is 30.5 Å². The first-order valence-corrected chi connectivity index (χ1v) is 8.87. The van der Waals surface area contributed by atoms with Gasteiger partial charge >= 0.3 is 0 Å². The SMILES string of the molecule is N#Cc1ccc(Cn2c(N3CCC(F)(F)[C@H](N)C3)nc3c(F)cc(F)cc32)nc1. The highest BCUT2D eigenvalue weighted by molar-refractivity contribution is 5.80. The molecule has 3 heterocycles. The lowest BCUT2D eigenvalue weighted by molar-refractivity contribution is -0.0395. The highest BCUT2D eigenvalue weighted by Gasteiger charge is 2.42. The van der Waals surface area contributed by atoms with E-state index in [1.54, 1.807) is 17.0 Å². The molecule has 1 atom stereocenters. The molecule has 0 amide bonds. The number of alkyl halides is 2. The summed E-state index contributed by atoms with van der Waals surface area (Å²) in [5.74, 6) is -4.42. The van der Waals surface area contributed by atoms with E-state index in [1.807, 2.05) is 6.07 Å². The maximum Gasteiger partial charge on any atom is 0.266 e. The van der Waals surface area contributed by atoms with Crippen LogP contribution in [0.1, 0.15) is 17.7 Å². The number of rotatable bonds is 3. The Kier molecular flexibility index (Phi) is 4.62.